The molecule has 0 unspecified atom stereocenters. The van der Waals surface area contributed by atoms with E-state index < -0.39 is 11.3 Å². The fraction of sp³-hybridized carbons (Fsp3) is 0.944. The van der Waals surface area contributed by atoms with Gasteiger partial charge in [0.05, 0.1) is 11.1 Å². The van der Waals surface area contributed by atoms with Crippen LogP contribution in [0.4, 0.5) is 4.79 Å². The van der Waals surface area contributed by atoms with Crippen molar-refractivity contribution in [1.82, 2.24) is 4.90 Å². The van der Waals surface area contributed by atoms with E-state index in [0.29, 0.717) is 0 Å². The molecule has 3 fully saturated rings. The van der Waals surface area contributed by atoms with Gasteiger partial charge >= 0.3 is 6.09 Å². The van der Waals surface area contributed by atoms with Gasteiger partial charge in [0.1, 0.15) is 0 Å². The van der Waals surface area contributed by atoms with Crippen LogP contribution in [-0.2, 0) is 4.74 Å². The molecule has 0 radical (unpaired) electrons. The van der Waals surface area contributed by atoms with E-state index in [2.05, 4.69) is 33.0 Å². The molecule has 0 aromatic heterocycles. The molecule has 2 saturated heterocycles. The van der Waals surface area contributed by atoms with E-state index in [9.17, 15) is 9.90 Å². The average molecular weight is 325 g/mol. The third-order valence-corrected chi connectivity index (χ3v) is 6.14. The van der Waals surface area contributed by atoms with Crippen LogP contribution in [0.5, 0.6) is 0 Å². The Morgan fingerprint density at radius 1 is 1.04 bits per heavy atom. The van der Waals surface area contributed by atoms with Crippen LogP contribution in [0.1, 0.15) is 79.6 Å². The highest BCUT2D eigenvalue weighted by Gasteiger charge is 2.64. The maximum absolute atomic E-state index is 12.7. The van der Waals surface area contributed by atoms with Crippen molar-refractivity contribution in [2.75, 3.05) is 0 Å². The molecule has 1 saturated carbocycles. The highest BCUT2D eigenvalue weighted by molar-refractivity contribution is 5.73. The highest BCUT2D eigenvalue weighted by atomic mass is 16.6. The Balaban J connectivity index is 1.91. The van der Waals surface area contributed by atoms with Crippen LogP contribution in [0.3, 0.4) is 0 Å². The zero-order valence-corrected chi connectivity index (χ0v) is 15.3. The molecule has 3 N–H and O–H groups in total. The van der Waals surface area contributed by atoms with Gasteiger partial charge in [-0.05, 0) is 60.3 Å². The monoisotopic (exact) mass is 325 g/mol. The maximum atomic E-state index is 12.7. The lowest BCUT2D eigenvalue weighted by molar-refractivity contribution is -0.788. The third-order valence-electron chi connectivity index (χ3n) is 6.14. The molecule has 3 rings (SSSR count). The normalized spacial score (nSPS) is 36.3. The molecule has 2 aliphatic heterocycles. The first-order valence-corrected chi connectivity index (χ1v) is 9.10. The predicted octanol–water partition coefficient (Wildman–Crippen LogP) is 2.13. The third kappa shape index (κ3) is 2.76. The van der Waals surface area contributed by atoms with Crippen molar-refractivity contribution in [2.45, 2.75) is 108 Å². The molecule has 0 aromatic carbocycles. The number of carbonyl (C=O) groups is 1. The second-order valence-corrected chi connectivity index (χ2v) is 9.50. The number of ether oxygens (including phenoxy) is 1. The van der Waals surface area contributed by atoms with Crippen molar-refractivity contribution in [3.8, 4) is 0 Å². The van der Waals surface area contributed by atoms with E-state index in [1.807, 2.05) is 0 Å². The SMILES string of the molecule is CC1(C)CC(N2C(=O)OC3(CCCCC3)[C@@]2(C)O)CC(C)(C)[NH2+]1. The van der Waals surface area contributed by atoms with Crippen molar-refractivity contribution in [1.29, 1.82) is 0 Å². The first-order chi connectivity index (χ1) is 10.5. The topological polar surface area (TPSA) is 66.4 Å². The predicted molar refractivity (Wildman–Crippen MR) is 87.9 cm³/mol. The van der Waals surface area contributed by atoms with Gasteiger partial charge in [0.2, 0.25) is 0 Å². The smallest absolute Gasteiger partial charge is 0.413 e. The van der Waals surface area contributed by atoms with E-state index in [4.69, 9.17) is 4.74 Å². The van der Waals surface area contributed by atoms with Crippen molar-refractivity contribution < 1.29 is 20.0 Å². The summed E-state index contributed by atoms with van der Waals surface area (Å²) in [6.45, 7) is 10.7. The van der Waals surface area contributed by atoms with Crippen LogP contribution in [0, 0.1) is 0 Å². The number of piperidine rings is 1. The van der Waals surface area contributed by atoms with Crippen molar-refractivity contribution in [3.05, 3.63) is 0 Å². The van der Waals surface area contributed by atoms with Crippen molar-refractivity contribution in [2.24, 2.45) is 0 Å². The number of quaternary nitrogens is 1. The quantitative estimate of drug-likeness (QED) is 0.776. The van der Waals surface area contributed by atoms with Crippen LogP contribution in [0.25, 0.3) is 0 Å². The highest BCUT2D eigenvalue weighted by Crippen LogP contribution is 2.49. The summed E-state index contributed by atoms with van der Waals surface area (Å²) < 4.78 is 5.83. The standard InChI is InChI=1S/C18H32N2O3/c1-15(2)11-13(12-16(3,4)19-15)20-14(21)23-18(17(20,5)22)9-7-6-8-10-18/h13,19,22H,6-12H2,1-5H3/p+1/t17-/m1/s1. The zero-order valence-electron chi connectivity index (χ0n) is 15.3. The van der Waals surface area contributed by atoms with Gasteiger partial charge in [0.15, 0.2) is 11.3 Å². The molecule has 1 atom stereocenters. The van der Waals surface area contributed by atoms with E-state index >= 15 is 0 Å². The molecule has 5 nitrogen and oxygen atoms in total. The van der Waals surface area contributed by atoms with E-state index in [1.54, 1.807) is 11.8 Å². The Bertz CT molecular complexity index is 476. The molecule has 132 valence electrons. The Hall–Kier alpha value is -0.810. The summed E-state index contributed by atoms with van der Waals surface area (Å²) >= 11 is 0. The summed E-state index contributed by atoms with van der Waals surface area (Å²) in [6.07, 6.45) is 6.17. The minimum absolute atomic E-state index is 0.0220. The van der Waals surface area contributed by atoms with Crippen LogP contribution in [-0.4, -0.2) is 44.5 Å². The second-order valence-electron chi connectivity index (χ2n) is 9.50. The molecule has 1 spiro atoms. The van der Waals surface area contributed by atoms with Crippen LogP contribution >= 0.6 is 0 Å². The van der Waals surface area contributed by atoms with Gasteiger partial charge in [0, 0.05) is 18.9 Å². The van der Waals surface area contributed by atoms with E-state index in [-0.39, 0.29) is 23.2 Å². The number of hydrogen-bond acceptors (Lipinski definition) is 3. The number of nitrogens with two attached hydrogens (primary N) is 1. The molecule has 0 bridgehead atoms. The molecule has 3 aliphatic rings. The molecule has 5 heteroatoms. The lowest BCUT2D eigenvalue weighted by Gasteiger charge is -2.49. The fourth-order valence-electron chi connectivity index (χ4n) is 5.56. The lowest BCUT2D eigenvalue weighted by atomic mass is 9.75. The summed E-state index contributed by atoms with van der Waals surface area (Å²) in [5.74, 6) is 0. The molecule has 1 aliphatic carbocycles. The zero-order chi connectivity index (χ0) is 17.1. The van der Waals surface area contributed by atoms with Gasteiger partial charge in [-0.25, -0.2) is 4.79 Å². The number of amides is 1. The van der Waals surface area contributed by atoms with Gasteiger partial charge in [-0.2, -0.15) is 0 Å². The second kappa shape index (κ2) is 5.09. The summed E-state index contributed by atoms with van der Waals surface area (Å²) in [6, 6.07) is 0.0220. The van der Waals surface area contributed by atoms with Gasteiger partial charge in [0.25, 0.3) is 0 Å². The summed E-state index contributed by atoms with van der Waals surface area (Å²) in [4.78, 5) is 14.4. The molecule has 23 heavy (non-hydrogen) atoms. The van der Waals surface area contributed by atoms with Crippen LogP contribution in [0.2, 0.25) is 0 Å². The van der Waals surface area contributed by atoms with Gasteiger partial charge in [-0.3, -0.25) is 4.90 Å². The number of aliphatic hydroxyl groups is 1. The number of nitrogens with zero attached hydrogens (tertiary/aromatic N) is 1. The molecular weight excluding hydrogens is 292 g/mol. The summed E-state index contributed by atoms with van der Waals surface area (Å²) in [5, 5.41) is 13.8. The summed E-state index contributed by atoms with van der Waals surface area (Å²) in [5.41, 5.74) is -1.83. The van der Waals surface area contributed by atoms with Crippen molar-refractivity contribution in [3.63, 3.8) is 0 Å². The minimum Gasteiger partial charge on any atom is -0.438 e. The average Bonchev–Trinajstić information content (AvgIpc) is 2.53. The minimum atomic E-state index is -1.21. The van der Waals surface area contributed by atoms with Crippen molar-refractivity contribution >= 4 is 6.09 Å². The Morgan fingerprint density at radius 3 is 2.09 bits per heavy atom. The Labute approximate surface area is 139 Å². The Kier molecular flexibility index (Phi) is 3.77. The summed E-state index contributed by atoms with van der Waals surface area (Å²) in [7, 11) is 0. The lowest BCUT2D eigenvalue weighted by Crippen LogP contribution is -3.06. The maximum Gasteiger partial charge on any atom is 0.413 e. The number of rotatable bonds is 1. The van der Waals surface area contributed by atoms with Gasteiger partial charge in [-0.15, -0.1) is 0 Å². The molecular formula is C18H33N2O3+. The number of hydrogen-bond donors (Lipinski definition) is 2. The van der Waals surface area contributed by atoms with Gasteiger partial charge in [-0.1, -0.05) is 6.42 Å². The van der Waals surface area contributed by atoms with E-state index in [0.717, 1.165) is 44.9 Å². The fourth-order valence-corrected chi connectivity index (χ4v) is 5.56. The number of carbonyl (C=O) groups excluding carboxylic acids is 1. The van der Waals surface area contributed by atoms with Crippen LogP contribution in [0.15, 0.2) is 0 Å². The molecule has 1 amide bonds. The first kappa shape index (κ1) is 17.0. The van der Waals surface area contributed by atoms with Gasteiger partial charge < -0.3 is 15.2 Å². The largest absolute Gasteiger partial charge is 0.438 e. The Morgan fingerprint density at radius 2 is 1.57 bits per heavy atom. The van der Waals surface area contributed by atoms with E-state index in [1.165, 1.54) is 0 Å². The molecule has 2 heterocycles. The van der Waals surface area contributed by atoms with Crippen LogP contribution < -0.4 is 5.32 Å². The first-order valence-electron chi connectivity index (χ1n) is 9.10. The molecule has 0 aromatic rings.